The zero-order chi connectivity index (χ0) is 14.2. The van der Waals surface area contributed by atoms with Crippen LogP contribution >= 0.6 is 0 Å². The molecule has 1 aromatic carbocycles. The SMILES string of the molecule is [CH2-]c1cc(F)ccc1-c1ccc(C(F)(F)F)c[n+]1[CH2-].[Ir]. The van der Waals surface area contributed by atoms with E-state index in [9.17, 15) is 17.6 Å². The third kappa shape index (κ3) is 3.32. The first kappa shape index (κ1) is 16.5. The average Bonchev–Trinajstić information content (AvgIpc) is 2.28. The summed E-state index contributed by atoms with van der Waals surface area (Å²) < 4.78 is 51.7. The topological polar surface area (TPSA) is 3.88 Å². The number of hydrogen-bond donors (Lipinski definition) is 0. The number of pyridine rings is 1. The molecule has 0 spiro atoms. The van der Waals surface area contributed by atoms with Crippen LogP contribution in [0.2, 0.25) is 0 Å². The maximum atomic E-state index is 13.0. The average molecular weight is 460 g/mol. The van der Waals surface area contributed by atoms with Gasteiger partial charge in [0.2, 0.25) is 0 Å². The molecule has 0 N–H and O–H groups in total. The molecule has 0 atom stereocenters. The Kier molecular flexibility index (Phi) is 4.84. The summed E-state index contributed by atoms with van der Waals surface area (Å²) in [6, 6.07) is 6.15. The third-order valence-corrected chi connectivity index (χ3v) is 2.70. The zero-order valence-corrected chi connectivity index (χ0v) is 12.6. The van der Waals surface area contributed by atoms with E-state index >= 15 is 0 Å². The Morgan fingerprint density at radius 1 is 1.05 bits per heavy atom. The Labute approximate surface area is 127 Å². The Balaban J connectivity index is 0.00000200. The van der Waals surface area contributed by atoms with Gasteiger partial charge in [-0.05, 0) is 0 Å². The summed E-state index contributed by atoms with van der Waals surface area (Å²) in [7, 11) is 3.53. The van der Waals surface area contributed by atoms with Crippen molar-refractivity contribution in [3.63, 3.8) is 0 Å². The van der Waals surface area contributed by atoms with Gasteiger partial charge in [0.15, 0.2) is 0 Å². The van der Waals surface area contributed by atoms with Crippen LogP contribution < -0.4 is 4.57 Å². The van der Waals surface area contributed by atoms with Crippen molar-refractivity contribution in [3.8, 4) is 11.3 Å². The first-order valence-electron chi connectivity index (χ1n) is 5.34. The van der Waals surface area contributed by atoms with E-state index in [2.05, 4.69) is 14.0 Å². The molecule has 0 amide bonds. The quantitative estimate of drug-likeness (QED) is 0.348. The Morgan fingerprint density at radius 3 is 2.20 bits per heavy atom. The molecule has 2 rings (SSSR count). The van der Waals surface area contributed by atoms with Crippen molar-refractivity contribution in [1.82, 2.24) is 0 Å². The maximum absolute atomic E-state index is 13.0. The van der Waals surface area contributed by atoms with E-state index in [1.165, 1.54) is 24.3 Å². The molecule has 0 aliphatic rings. The molecule has 1 nitrogen and oxygen atoms in total. The van der Waals surface area contributed by atoms with E-state index in [-0.39, 0.29) is 20.1 Å². The minimum atomic E-state index is -4.42. The van der Waals surface area contributed by atoms with Crippen molar-refractivity contribution < 1.29 is 42.2 Å². The summed E-state index contributed by atoms with van der Waals surface area (Å²) in [5, 5.41) is 0. The van der Waals surface area contributed by atoms with Gasteiger partial charge in [-0.25, -0.2) is 4.39 Å². The van der Waals surface area contributed by atoms with Crippen molar-refractivity contribution in [2.24, 2.45) is 0 Å². The molecule has 0 bridgehead atoms. The number of halogens is 4. The van der Waals surface area contributed by atoms with Crippen LogP contribution in [0.5, 0.6) is 0 Å². The molecular weight excluding hydrogens is 450 g/mol. The second-order valence-electron chi connectivity index (χ2n) is 4.07. The van der Waals surface area contributed by atoms with Gasteiger partial charge in [-0.1, -0.05) is 18.2 Å². The van der Waals surface area contributed by atoms with E-state index in [1.807, 2.05) is 0 Å². The van der Waals surface area contributed by atoms with Gasteiger partial charge in [0.05, 0.1) is 23.3 Å². The Bertz CT molecular complexity index is 623. The predicted octanol–water partition coefficient (Wildman–Crippen LogP) is 3.62. The molecule has 2 aromatic rings. The van der Waals surface area contributed by atoms with Crippen LogP contribution in [0.1, 0.15) is 11.1 Å². The molecule has 0 unspecified atom stereocenters. The minimum Gasteiger partial charge on any atom is -0.343 e. The summed E-state index contributed by atoms with van der Waals surface area (Å²) in [4.78, 5) is 0. The number of alkyl halides is 3. The largest absolute Gasteiger partial charge is 0.410 e. The van der Waals surface area contributed by atoms with Crippen LogP contribution in [0.3, 0.4) is 0 Å². The minimum absolute atomic E-state index is 0. The summed E-state index contributed by atoms with van der Waals surface area (Å²) in [5.74, 6) is -0.448. The molecule has 1 aromatic heterocycles. The van der Waals surface area contributed by atoms with Gasteiger partial charge < -0.3 is 4.57 Å². The normalized spacial score (nSPS) is 11.0. The Hall–Kier alpha value is -1.52. The molecule has 6 heteroatoms. The molecule has 0 fully saturated rings. The van der Waals surface area contributed by atoms with Gasteiger partial charge in [-0.15, -0.1) is 17.7 Å². The third-order valence-electron chi connectivity index (χ3n) is 2.70. The fourth-order valence-electron chi connectivity index (χ4n) is 1.77. The number of hydrogen-bond acceptors (Lipinski definition) is 0. The molecule has 109 valence electrons. The number of aromatic nitrogens is 1. The van der Waals surface area contributed by atoms with Crippen LogP contribution in [-0.2, 0) is 26.3 Å². The molecule has 0 saturated carbocycles. The molecular formula is C14H10F4IrN-. The standard InChI is InChI=1S/C14H10F4N.Ir/c1-9-7-11(15)4-5-12(9)13-6-3-10(8-19(13)2)14(16,17)18;/h3-8H,1-2H2;/q-1;. The summed E-state index contributed by atoms with van der Waals surface area (Å²) in [5.41, 5.74) is 0.555. The van der Waals surface area contributed by atoms with Crippen LogP contribution in [0.25, 0.3) is 11.3 Å². The second kappa shape index (κ2) is 5.85. The van der Waals surface area contributed by atoms with Gasteiger partial charge >= 0.3 is 6.18 Å². The summed E-state index contributed by atoms with van der Waals surface area (Å²) >= 11 is 0. The fraction of sp³-hybridized carbons (Fsp3) is 0.0714. The molecule has 1 radical (unpaired) electrons. The predicted molar refractivity (Wildman–Crippen MR) is 62.2 cm³/mol. The second-order valence-corrected chi connectivity index (χ2v) is 4.07. The van der Waals surface area contributed by atoms with Crippen molar-refractivity contribution in [1.29, 1.82) is 0 Å². The van der Waals surface area contributed by atoms with Crippen LogP contribution in [0, 0.1) is 19.8 Å². The van der Waals surface area contributed by atoms with Gasteiger partial charge in [0, 0.05) is 27.2 Å². The molecule has 0 aliphatic heterocycles. The van der Waals surface area contributed by atoms with Gasteiger partial charge in [0.1, 0.15) is 0 Å². The van der Waals surface area contributed by atoms with Crippen molar-refractivity contribution >= 4 is 0 Å². The molecule has 0 aliphatic carbocycles. The van der Waals surface area contributed by atoms with Gasteiger partial charge in [-0.2, -0.15) is 25.7 Å². The zero-order valence-electron chi connectivity index (χ0n) is 10.2. The van der Waals surface area contributed by atoms with E-state index in [1.54, 1.807) is 0 Å². The summed E-state index contributed by atoms with van der Waals surface area (Å²) in [6.45, 7) is 3.67. The van der Waals surface area contributed by atoms with E-state index < -0.39 is 17.6 Å². The molecule has 1 heterocycles. The van der Waals surface area contributed by atoms with Crippen molar-refractivity contribution in [2.45, 2.75) is 6.18 Å². The summed E-state index contributed by atoms with van der Waals surface area (Å²) in [6.07, 6.45) is -3.54. The number of benzene rings is 1. The smallest absolute Gasteiger partial charge is 0.343 e. The van der Waals surface area contributed by atoms with Gasteiger partial charge in [-0.3, -0.25) is 0 Å². The fourth-order valence-corrected chi connectivity index (χ4v) is 1.77. The van der Waals surface area contributed by atoms with Crippen molar-refractivity contribution in [3.05, 3.63) is 67.4 Å². The first-order valence-corrected chi connectivity index (χ1v) is 5.34. The van der Waals surface area contributed by atoms with Crippen molar-refractivity contribution in [2.75, 3.05) is 0 Å². The van der Waals surface area contributed by atoms with Crippen LogP contribution in [0.15, 0.2) is 36.5 Å². The Morgan fingerprint density at radius 2 is 1.70 bits per heavy atom. The van der Waals surface area contributed by atoms with Crippen LogP contribution in [-0.4, -0.2) is 0 Å². The molecule has 20 heavy (non-hydrogen) atoms. The van der Waals surface area contributed by atoms with E-state index in [4.69, 9.17) is 0 Å². The van der Waals surface area contributed by atoms with Gasteiger partial charge in [0.25, 0.3) is 0 Å². The molecule has 0 saturated heterocycles. The van der Waals surface area contributed by atoms with Crippen LogP contribution in [0.4, 0.5) is 17.6 Å². The number of rotatable bonds is 1. The van der Waals surface area contributed by atoms with E-state index in [0.717, 1.165) is 16.8 Å². The van der Waals surface area contributed by atoms with E-state index in [0.29, 0.717) is 16.8 Å². The maximum Gasteiger partial charge on any atom is 0.410 e. The first-order chi connectivity index (χ1) is 8.79. The monoisotopic (exact) mass is 461 g/mol. The number of nitrogens with zero attached hydrogens (tertiary/aromatic N) is 1.